The van der Waals surface area contributed by atoms with Crippen molar-refractivity contribution in [2.75, 3.05) is 6.61 Å². The predicted octanol–water partition coefficient (Wildman–Crippen LogP) is 3.37. The van der Waals surface area contributed by atoms with E-state index in [2.05, 4.69) is 0 Å². The maximum atomic E-state index is 10.1. The van der Waals surface area contributed by atoms with Crippen LogP contribution >= 0.6 is 0 Å². The van der Waals surface area contributed by atoms with Crippen LogP contribution in [0.4, 0.5) is 0 Å². The highest BCUT2D eigenvalue weighted by molar-refractivity contribution is 5.38. The fraction of sp³-hybridized carbons (Fsp3) is 0.647. The molecule has 2 rings (SSSR count). The zero-order chi connectivity index (χ0) is 14.5. The molecule has 1 saturated carbocycles. The van der Waals surface area contributed by atoms with Crippen LogP contribution in [0.5, 0.6) is 5.75 Å². The average Bonchev–Trinajstić information content (AvgIpc) is 2.89. The Balaban J connectivity index is 1.90. The van der Waals surface area contributed by atoms with Crippen molar-refractivity contribution >= 4 is 0 Å². The summed E-state index contributed by atoms with van der Waals surface area (Å²) >= 11 is 0. The van der Waals surface area contributed by atoms with Crippen molar-refractivity contribution in [2.24, 2.45) is 5.92 Å². The van der Waals surface area contributed by atoms with Crippen molar-refractivity contribution in [2.45, 2.75) is 58.2 Å². The Labute approximate surface area is 121 Å². The average molecular weight is 278 g/mol. The molecular weight excluding hydrogens is 252 g/mol. The van der Waals surface area contributed by atoms with Gasteiger partial charge in [0, 0.05) is 5.56 Å². The van der Waals surface area contributed by atoms with Gasteiger partial charge in [0.15, 0.2) is 0 Å². The lowest BCUT2D eigenvalue weighted by molar-refractivity contribution is 0.0832. The maximum absolute atomic E-state index is 10.1. The third kappa shape index (κ3) is 4.22. The number of rotatable bonds is 6. The Morgan fingerprint density at radius 1 is 1.25 bits per heavy atom. The largest absolute Gasteiger partial charge is 0.490 e. The van der Waals surface area contributed by atoms with E-state index in [1.54, 1.807) is 6.92 Å². The number of hydrogen-bond acceptors (Lipinski definition) is 3. The van der Waals surface area contributed by atoms with Crippen LogP contribution in [0.15, 0.2) is 18.2 Å². The van der Waals surface area contributed by atoms with Gasteiger partial charge in [-0.2, -0.15) is 0 Å². The van der Waals surface area contributed by atoms with Gasteiger partial charge < -0.3 is 14.9 Å². The quantitative estimate of drug-likeness (QED) is 0.839. The fourth-order valence-electron chi connectivity index (χ4n) is 3.00. The molecule has 2 atom stereocenters. The van der Waals surface area contributed by atoms with Crippen LogP contribution in [0.2, 0.25) is 0 Å². The van der Waals surface area contributed by atoms with E-state index in [0.29, 0.717) is 18.3 Å². The van der Waals surface area contributed by atoms with Gasteiger partial charge in [0.1, 0.15) is 12.4 Å². The molecule has 0 aliphatic heterocycles. The van der Waals surface area contributed by atoms with Crippen LogP contribution in [0.1, 0.15) is 56.3 Å². The second-order valence-corrected chi connectivity index (χ2v) is 6.07. The lowest BCUT2D eigenvalue weighted by Gasteiger charge is -2.18. The number of aryl methyl sites for hydroxylation is 1. The Hall–Kier alpha value is -1.06. The van der Waals surface area contributed by atoms with Crippen molar-refractivity contribution in [3.05, 3.63) is 29.3 Å². The summed E-state index contributed by atoms with van der Waals surface area (Å²) in [4.78, 5) is 0. The van der Waals surface area contributed by atoms with Crippen molar-refractivity contribution in [3.8, 4) is 5.75 Å². The normalized spacial score (nSPS) is 19.0. The highest BCUT2D eigenvalue weighted by Crippen LogP contribution is 2.30. The van der Waals surface area contributed by atoms with Crippen LogP contribution in [-0.2, 0) is 0 Å². The second-order valence-electron chi connectivity index (χ2n) is 6.07. The first-order valence-electron chi connectivity index (χ1n) is 7.65. The molecule has 0 bridgehead atoms. The molecule has 3 heteroatoms. The van der Waals surface area contributed by atoms with E-state index in [4.69, 9.17) is 4.74 Å². The van der Waals surface area contributed by atoms with Crippen LogP contribution < -0.4 is 4.74 Å². The number of benzene rings is 1. The minimum Gasteiger partial charge on any atom is -0.490 e. The Morgan fingerprint density at radius 3 is 2.60 bits per heavy atom. The third-order valence-electron chi connectivity index (χ3n) is 4.13. The standard InChI is InChI=1S/C17H26O3/c1-12-7-8-16(13(2)18)17(9-12)20-11-15(19)10-14-5-3-4-6-14/h7-9,13-15,18-19H,3-6,10-11H2,1-2H3. The number of ether oxygens (including phenoxy) is 1. The summed E-state index contributed by atoms with van der Waals surface area (Å²) in [5.74, 6) is 1.34. The molecule has 2 unspecified atom stereocenters. The number of aliphatic hydroxyl groups excluding tert-OH is 2. The highest BCUT2D eigenvalue weighted by Gasteiger charge is 2.19. The van der Waals surface area contributed by atoms with Gasteiger partial charge in [-0.15, -0.1) is 0 Å². The molecule has 0 saturated heterocycles. The second kappa shape index (κ2) is 7.09. The van der Waals surface area contributed by atoms with Gasteiger partial charge in [-0.25, -0.2) is 0 Å². The molecule has 1 aliphatic carbocycles. The number of hydrogen-bond donors (Lipinski definition) is 2. The van der Waals surface area contributed by atoms with E-state index in [0.717, 1.165) is 17.5 Å². The zero-order valence-corrected chi connectivity index (χ0v) is 12.5. The SMILES string of the molecule is Cc1ccc(C(C)O)c(OCC(O)CC2CCCC2)c1. The molecule has 0 heterocycles. The first-order valence-corrected chi connectivity index (χ1v) is 7.65. The minimum absolute atomic E-state index is 0.305. The first-order chi connectivity index (χ1) is 9.56. The lowest BCUT2D eigenvalue weighted by Crippen LogP contribution is -2.21. The van der Waals surface area contributed by atoms with Gasteiger partial charge in [-0.1, -0.05) is 37.8 Å². The molecule has 2 N–H and O–H groups in total. The Bertz CT molecular complexity index is 422. The highest BCUT2D eigenvalue weighted by atomic mass is 16.5. The topological polar surface area (TPSA) is 49.7 Å². The van der Waals surface area contributed by atoms with Gasteiger partial charge in [0.05, 0.1) is 12.2 Å². The summed E-state index contributed by atoms with van der Waals surface area (Å²) in [5, 5.41) is 19.8. The van der Waals surface area contributed by atoms with E-state index in [-0.39, 0.29) is 0 Å². The van der Waals surface area contributed by atoms with Gasteiger partial charge in [0.2, 0.25) is 0 Å². The van der Waals surface area contributed by atoms with Gasteiger partial charge in [-0.3, -0.25) is 0 Å². The van der Waals surface area contributed by atoms with Crippen molar-refractivity contribution in [1.82, 2.24) is 0 Å². The van der Waals surface area contributed by atoms with Crippen LogP contribution in [0.25, 0.3) is 0 Å². The molecule has 0 radical (unpaired) electrons. The van der Waals surface area contributed by atoms with Gasteiger partial charge in [-0.05, 0) is 37.8 Å². The molecule has 1 fully saturated rings. The van der Waals surface area contributed by atoms with E-state index >= 15 is 0 Å². The molecule has 0 spiro atoms. The van der Waals surface area contributed by atoms with Crippen molar-refractivity contribution in [3.63, 3.8) is 0 Å². The van der Waals surface area contributed by atoms with E-state index < -0.39 is 12.2 Å². The monoisotopic (exact) mass is 278 g/mol. The zero-order valence-electron chi connectivity index (χ0n) is 12.5. The van der Waals surface area contributed by atoms with Crippen LogP contribution in [0, 0.1) is 12.8 Å². The molecule has 1 aromatic carbocycles. The molecule has 1 aromatic rings. The molecule has 0 amide bonds. The van der Waals surface area contributed by atoms with E-state index in [9.17, 15) is 10.2 Å². The van der Waals surface area contributed by atoms with Crippen molar-refractivity contribution in [1.29, 1.82) is 0 Å². The summed E-state index contributed by atoms with van der Waals surface area (Å²) in [6, 6.07) is 5.77. The van der Waals surface area contributed by atoms with E-state index in [1.807, 2.05) is 25.1 Å². The third-order valence-corrected chi connectivity index (χ3v) is 4.13. The smallest absolute Gasteiger partial charge is 0.125 e. The van der Waals surface area contributed by atoms with Gasteiger partial charge in [0.25, 0.3) is 0 Å². The van der Waals surface area contributed by atoms with Gasteiger partial charge >= 0.3 is 0 Å². The summed E-state index contributed by atoms with van der Waals surface area (Å²) in [6.07, 6.45) is 4.92. The Kier molecular flexibility index (Phi) is 5.44. The molecule has 112 valence electrons. The summed E-state index contributed by atoms with van der Waals surface area (Å²) in [5.41, 5.74) is 1.87. The van der Waals surface area contributed by atoms with Crippen LogP contribution in [-0.4, -0.2) is 22.9 Å². The van der Waals surface area contributed by atoms with E-state index in [1.165, 1.54) is 25.7 Å². The molecule has 20 heavy (non-hydrogen) atoms. The summed E-state index contributed by atoms with van der Waals surface area (Å²) in [7, 11) is 0. The first kappa shape index (κ1) is 15.3. The summed E-state index contributed by atoms with van der Waals surface area (Å²) < 4.78 is 5.74. The number of aliphatic hydroxyl groups is 2. The predicted molar refractivity (Wildman–Crippen MR) is 79.9 cm³/mol. The lowest BCUT2D eigenvalue weighted by atomic mass is 10.0. The van der Waals surface area contributed by atoms with Crippen molar-refractivity contribution < 1.29 is 14.9 Å². The van der Waals surface area contributed by atoms with Crippen LogP contribution in [0.3, 0.4) is 0 Å². The fourth-order valence-corrected chi connectivity index (χ4v) is 3.00. The molecular formula is C17H26O3. The maximum Gasteiger partial charge on any atom is 0.125 e. The summed E-state index contributed by atoms with van der Waals surface area (Å²) in [6.45, 7) is 4.03. The Morgan fingerprint density at radius 2 is 1.95 bits per heavy atom. The molecule has 3 nitrogen and oxygen atoms in total. The minimum atomic E-state index is -0.558. The molecule has 1 aliphatic rings. The molecule has 0 aromatic heterocycles.